The Hall–Kier alpha value is -3.60. The Labute approximate surface area is 191 Å². The molecule has 0 radical (unpaired) electrons. The summed E-state index contributed by atoms with van der Waals surface area (Å²) in [7, 11) is -3.06. The average Bonchev–Trinajstić information content (AvgIpc) is 3.43. The number of hydrogen-bond acceptors (Lipinski definition) is 9. The van der Waals surface area contributed by atoms with Gasteiger partial charge >= 0.3 is 0 Å². The molecule has 3 heterocycles. The van der Waals surface area contributed by atoms with Crippen molar-refractivity contribution in [3.8, 4) is 11.5 Å². The summed E-state index contributed by atoms with van der Waals surface area (Å²) in [6.07, 6.45) is 10.9. The van der Waals surface area contributed by atoms with Crippen molar-refractivity contribution < 1.29 is 12.9 Å². The van der Waals surface area contributed by atoms with E-state index in [1.165, 1.54) is 6.26 Å². The maximum Gasteiger partial charge on any atom is 0.261 e. The molecule has 5 rings (SSSR count). The fourth-order valence-corrected chi connectivity index (χ4v) is 4.45. The standard InChI is InChI=1S/C22H23N7O3S/c1-33(30,31)13-12-29-15-16(14-25-29)19-27-20(28-32-19)22(8-2-9-22)17-4-6-18(7-5-17)26-21-23-10-3-11-24-21/h3-7,10-11,14-15H,2,8-9,12-13H2,1H3,(H,23,24,26). The Kier molecular flexibility index (Phi) is 5.41. The Morgan fingerprint density at radius 2 is 1.91 bits per heavy atom. The number of anilines is 2. The molecule has 0 aliphatic heterocycles. The summed E-state index contributed by atoms with van der Waals surface area (Å²) in [6.45, 7) is 0.276. The molecular formula is C22H23N7O3S. The number of aryl methyl sites for hydroxylation is 1. The molecule has 0 amide bonds. The van der Waals surface area contributed by atoms with E-state index >= 15 is 0 Å². The molecule has 10 nitrogen and oxygen atoms in total. The monoisotopic (exact) mass is 465 g/mol. The zero-order valence-corrected chi connectivity index (χ0v) is 18.9. The van der Waals surface area contributed by atoms with Crippen molar-refractivity contribution in [2.75, 3.05) is 17.3 Å². The topological polar surface area (TPSA) is 129 Å². The van der Waals surface area contributed by atoms with Gasteiger partial charge in [0.05, 0.1) is 29.5 Å². The van der Waals surface area contributed by atoms with Crippen molar-refractivity contribution in [1.82, 2.24) is 29.9 Å². The molecule has 1 aliphatic carbocycles. The predicted molar refractivity (Wildman–Crippen MR) is 122 cm³/mol. The number of sulfone groups is 1. The fourth-order valence-electron chi connectivity index (χ4n) is 3.93. The van der Waals surface area contributed by atoms with E-state index < -0.39 is 9.84 Å². The van der Waals surface area contributed by atoms with Gasteiger partial charge in [-0.15, -0.1) is 0 Å². The van der Waals surface area contributed by atoms with Crippen LogP contribution in [0.25, 0.3) is 11.5 Å². The van der Waals surface area contributed by atoms with Gasteiger partial charge in [0.2, 0.25) is 5.95 Å². The fraction of sp³-hybridized carbons (Fsp3) is 0.318. The van der Waals surface area contributed by atoms with E-state index in [1.54, 1.807) is 35.5 Å². The highest BCUT2D eigenvalue weighted by molar-refractivity contribution is 7.90. The number of aromatic nitrogens is 6. The minimum absolute atomic E-state index is 0.0214. The summed E-state index contributed by atoms with van der Waals surface area (Å²) in [6, 6.07) is 9.92. The number of nitrogens with zero attached hydrogens (tertiary/aromatic N) is 6. The van der Waals surface area contributed by atoms with Crippen LogP contribution in [0.1, 0.15) is 30.7 Å². The lowest BCUT2D eigenvalue weighted by Crippen LogP contribution is -2.36. The lowest BCUT2D eigenvalue weighted by Gasteiger charge is -2.39. The molecule has 0 saturated heterocycles. The van der Waals surface area contributed by atoms with Crippen molar-refractivity contribution in [3.05, 3.63) is 66.5 Å². The molecule has 0 atom stereocenters. The lowest BCUT2D eigenvalue weighted by atomic mass is 9.64. The van der Waals surface area contributed by atoms with Gasteiger partial charge in [0.15, 0.2) is 5.82 Å². The van der Waals surface area contributed by atoms with Crippen LogP contribution in [0.15, 0.2) is 59.6 Å². The molecule has 4 aromatic rings. The van der Waals surface area contributed by atoms with Gasteiger partial charge in [-0.05, 0) is 36.6 Å². The zero-order valence-electron chi connectivity index (χ0n) is 18.0. The molecule has 1 N–H and O–H groups in total. The Morgan fingerprint density at radius 3 is 2.58 bits per heavy atom. The second-order valence-electron chi connectivity index (χ2n) is 8.26. The summed E-state index contributed by atoms with van der Waals surface area (Å²) in [5, 5.41) is 11.7. The maximum absolute atomic E-state index is 11.4. The van der Waals surface area contributed by atoms with Crippen molar-refractivity contribution in [2.45, 2.75) is 31.2 Å². The SMILES string of the molecule is CS(=O)(=O)CCn1cc(-c2nc(C3(c4ccc(Nc5ncccn5)cc4)CCC3)no2)cn1. The van der Waals surface area contributed by atoms with Crippen molar-refractivity contribution in [2.24, 2.45) is 0 Å². The first kappa shape index (κ1) is 21.3. The highest BCUT2D eigenvalue weighted by Crippen LogP contribution is 2.48. The first-order valence-electron chi connectivity index (χ1n) is 10.6. The second kappa shape index (κ2) is 8.39. The van der Waals surface area contributed by atoms with E-state index in [1.807, 2.05) is 12.1 Å². The summed E-state index contributed by atoms with van der Waals surface area (Å²) >= 11 is 0. The number of hydrogen-bond donors (Lipinski definition) is 1. The van der Waals surface area contributed by atoms with E-state index in [-0.39, 0.29) is 17.7 Å². The highest BCUT2D eigenvalue weighted by atomic mass is 32.2. The van der Waals surface area contributed by atoms with Gasteiger partial charge in [0, 0.05) is 30.5 Å². The first-order chi connectivity index (χ1) is 15.9. The Morgan fingerprint density at radius 1 is 1.15 bits per heavy atom. The second-order valence-corrected chi connectivity index (χ2v) is 10.5. The van der Waals surface area contributed by atoms with E-state index in [0.29, 0.717) is 23.2 Å². The molecule has 11 heteroatoms. The minimum atomic E-state index is -3.06. The molecule has 0 unspecified atom stereocenters. The molecule has 1 aromatic carbocycles. The van der Waals surface area contributed by atoms with Crippen LogP contribution >= 0.6 is 0 Å². The summed E-state index contributed by atoms with van der Waals surface area (Å²) in [5.41, 5.74) is 2.41. The van der Waals surface area contributed by atoms with Gasteiger partial charge in [-0.25, -0.2) is 18.4 Å². The van der Waals surface area contributed by atoms with Crippen LogP contribution in [0.4, 0.5) is 11.6 Å². The normalized spacial score (nSPS) is 15.2. The number of rotatable bonds is 8. The quantitative estimate of drug-likeness (QED) is 0.417. The average molecular weight is 466 g/mol. The summed E-state index contributed by atoms with van der Waals surface area (Å²) in [4.78, 5) is 13.0. The third kappa shape index (κ3) is 4.49. The summed E-state index contributed by atoms with van der Waals surface area (Å²) in [5.74, 6) is 1.60. The Balaban J connectivity index is 1.34. The van der Waals surface area contributed by atoms with Crippen LogP contribution in [0.5, 0.6) is 0 Å². The van der Waals surface area contributed by atoms with E-state index in [0.717, 1.165) is 30.5 Å². The van der Waals surface area contributed by atoms with Crippen LogP contribution in [0.3, 0.4) is 0 Å². The van der Waals surface area contributed by atoms with Crippen molar-refractivity contribution in [3.63, 3.8) is 0 Å². The van der Waals surface area contributed by atoms with E-state index in [2.05, 4.69) is 42.7 Å². The van der Waals surface area contributed by atoms with Crippen LogP contribution in [-0.2, 0) is 21.8 Å². The van der Waals surface area contributed by atoms with Gasteiger partial charge in [0.25, 0.3) is 5.89 Å². The lowest BCUT2D eigenvalue weighted by molar-refractivity contribution is 0.273. The first-order valence-corrected chi connectivity index (χ1v) is 12.7. The molecular weight excluding hydrogens is 442 g/mol. The van der Waals surface area contributed by atoms with Gasteiger partial charge in [0.1, 0.15) is 9.84 Å². The van der Waals surface area contributed by atoms with E-state index in [9.17, 15) is 8.42 Å². The molecule has 0 bridgehead atoms. The van der Waals surface area contributed by atoms with Crippen LogP contribution in [-0.4, -0.2) is 50.3 Å². The van der Waals surface area contributed by atoms with Gasteiger partial charge in [-0.3, -0.25) is 4.68 Å². The molecule has 1 fully saturated rings. The van der Waals surface area contributed by atoms with E-state index in [4.69, 9.17) is 4.52 Å². The van der Waals surface area contributed by atoms with Crippen molar-refractivity contribution >= 4 is 21.5 Å². The molecule has 0 spiro atoms. The largest absolute Gasteiger partial charge is 0.334 e. The van der Waals surface area contributed by atoms with Crippen LogP contribution in [0.2, 0.25) is 0 Å². The van der Waals surface area contributed by atoms with Crippen molar-refractivity contribution in [1.29, 1.82) is 0 Å². The smallest absolute Gasteiger partial charge is 0.261 e. The molecule has 33 heavy (non-hydrogen) atoms. The van der Waals surface area contributed by atoms with Crippen LogP contribution in [0, 0.1) is 0 Å². The summed E-state index contributed by atoms with van der Waals surface area (Å²) < 4.78 is 29.9. The number of benzene rings is 1. The van der Waals surface area contributed by atoms with Gasteiger partial charge in [-0.1, -0.05) is 23.7 Å². The predicted octanol–water partition coefficient (Wildman–Crippen LogP) is 2.98. The molecule has 3 aromatic heterocycles. The maximum atomic E-state index is 11.4. The van der Waals surface area contributed by atoms with Crippen LogP contribution < -0.4 is 5.32 Å². The molecule has 1 saturated carbocycles. The van der Waals surface area contributed by atoms with Gasteiger partial charge in [-0.2, -0.15) is 10.1 Å². The number of nitrogens with one attached hydrogen (secondary N) is 1. The molecule has 1 aliphatic rings. The Bertz CT molecular complexity index is 1340. The minimum Gasteiger partial charge on any atom is -0.334 e. The third-order valence-corrected chi connectivity index (χ3v) is 6.82. The molecule has 170 valence electrons. The van der Waals surface area contributed by atoms with Gasteiger partial charge < -0.3 is 9.84 Å². The third-order valence-electron chi connectivity index (χ3n) is 5.89. The highest BCUT2D eigenvalue weighted by Gasteiger charge is 2.44. The zero-order chi connectivity index (χ0) is 22.9.